The minimum Gasteiger partial charge on any atom is -0.393 e. The van der Waals surface area contributed by atoms with Crippen molar-refractivity contribution in [3.63, 3.8) is 0 Å². The van der Waals surface area contributed by atoms with Crippen LogP contribution in [0.15, 0.2) is 0 Å². The van der Waals surface area contributed by atoms with Gasteiger partial charge < -0.3 is 16.2 Å². The summed E-state index contributed by atoms with van der Waals surface area (Å²) in [6.07, 6.45) is 11.2. The highest BCUT2D eigenvalue weighted by Crippen LogP contribution is 2.67. The fourth-order valence-electron chi connectivity index (χ4n) is 8.55. The molecule has 28 heavy (non-hydrogen) atoms. The average molecular weight is 391 g/mol. The zero-order chi connectivity index (χ0) is 20.3. The zero-order valence-electron chi connectivity index (χ0n) is 18.4. The number of fused-ring (bicyclic) bond motifs is 5. The number of hydrogen-bond donors (Lipinski definition) is 3. The maximum atomic E-state index is 12.1. The van der Waals surface area contributed by atoms with Crippen LogP contribution in [0.2, 0.25) is 0 Å². The molecule has 4 aliphatic carbocycles. The van der Waals surface area contributed by atoms with Crippen molar-refractivity contribution in [1.29, 1.82) is 0 Å². The van der Waals surface area contributed by atoms with Gasteiger partial charge in [-0.05, 0) is 112 Å². The Morgan fingerprint density at radius 2 is 1.68 bits per heavy atom. The molecular formula is C24H42N2O2. The highest BCUT2D eigenvalue weighted by molar-refractivity contribution is 5.81. The molecule has 4 rings (SSSR count). The van der Waals surface area contributed by atoms with Crippen LogP contribution < -0.4 is 11.1 Å². The molecule has 160 valence electrons. The van der Waals surface area contributed by atoms with Gasteiger partial charge in [-0.3, -0.25) is 4.79 Å². The van der Waals surface area contributed by atoms with Gasteiger partial charge in [-0.2, -0.15) is 0 Å². The Bertz CT molecular complexity index is 605. The van der Waals surface area contributed by atoms with Crippen LogP contribution >= 0.6 is 0 Å². The monoisotopic (exact) mass is 390 g/mol. The summed E-state index contributed by atoms with van der Waals surface area (Å²) in [5.41, 5.74) is 6.54. The Balaban J connectivity index is 1.48. The highest BCUT2D eigenvalue weighted by atomic mass is 16.3. The molecule has 0 aliphatic heterocycles. The number of amides is 1. The van der Waals surface area contributed by atoms with Gasteiger partial charge in [0.2, 0.25) is 5.91 Å². The summed E-state index contributed by atoms with van der Waals surface area (Å²) in [6, 6.07) is -0.0997. The van der Waals surface area contributed by atoms with Crippen LogP contribution in [0.25, 0.3) is 0 Å². The first-order chi connectivity index (χ1) is 13.2. The number of rotatable bonds is 3. The Labute approximate surface area is 171 Å². The largest absolute Gasteiger partial charge is 0.393 e. The fourth-order valence-corrected chi connectivity index (χ4v) is 8.55. The van der Waals surface area contributed by atoms with Gasteiger partial charge in [0.15, 0.2) is 0 Å². The SMILES string of the molecule is C[C@H](N)C(=O)NC1CC[C@@]2(C)C(CC[C@H]3[C@@H]4CC[C@H]([C@H](C)O)[C@@]4(C)CC[C@@H]32)C1. The summed E-state index contributed by atoms with van der Waals surface area (Å²) in [6.45, 7) is 8.85. The second kappa shape index (κ2) is 7.27. The van der Waals surface area contributed by atoms with Crippen LogP contribution in [0.5, 0.6) is 0 Å². The molecule has 0 bridgehead atoms. The van der Waals surface area contributed by atoms with Gasteiger partial charge in [-0.15, -0.1) is 0 Å². The molecule has 4 fully saturated rings. The molecule has 0 spiro atoms. The molecule has 2 unspecified atom stereocenters. The molecule has 0 saturated heterocycles. The number of nitrogens with one attached hydrogen (secondary N) is 1. The van der Waals surface area contributed by atoms with E-state index in [1.54, 1.807) is 6.92 Å². The zero-order valence-corrected chi connectivity index (χ0v) is 18.4. The van der Waals surface area contributed by atoms with Gasteiger partial charge >= 0.3 is 0 Å². The fraction of sp³-hybridized carbons (Fsp3) is 0.958. The van der Waals surface area contributed by atoms with Crippen molar-refractivity contribution in [2.45, 2.75) is 104 Å². The lowest BCUT2D eigenvalue weighted by Gasteiger charge is -2.61. The topological polar surface area (TPSA) is 75.4 Å². The summed E-state index contributed by atoms with van der Waals surface area (Å²) in [5.74, 6) is 3.72. The van der Waals surface area contributed by atoms with Gasteiger partial charge in [0, 0.05) is 6.04 Å². The van der Waals surface area contributed by atoms with Crippen molar-refractivity contribution in [1.82, 2.24) is 5.32 Å². The third-order valence-electron chi connectivity index (χ3n) is 10.1. The first-order valence-electron chi connectivity index (χ1n) is 11.9. The van der Waals surface area contributed by atoms with E-state index < -0.39 is 6.04 Å². The van der Waals surface area contributed by atoms with Crippen molar-refractivity contribution in [2.75, 3.05) is 0 Å². The molecule has 0 radical (unpaired) electrons. The van der Waals surface area contributed by atoms with Crippen LogP contribution in [-0.4, -0.2) is 29.2 Å². The van der Waals surface area contributed by atoms with Crippen LogP contribution in [0.4, 0.5) is 0 Å². The minimum atomic E-state index is -0.413. The first kappa shape index (κ1) is 20.7. The minimum absolute atomic E-state index is 0.00541. The highest BCUT2D eigenvalue weighted by Gasteiger charge is 2.60. The van der Waals surface area contributed by atoms with Gasteiger partial charge in [0.1, 0.15) is 0 Å². The number of aliphatic hydroxyl groups excluding tert-OH is 1. The second-order valence-corrected chi connectivity index (χ2v) is 11.4. The number of carbonyl (C=O) groups excluding carboxylic acids is 1. The summed E-state index contributed by atoms with van der Waals surface area (Å²) in [5, 5.41) is 13.6. The van der Waals surface area contributed by atoms with Crippen molar-refractivity contribution in [3.05, 3.63) is 0 Å². The number of aliphatic hydroxyl groups is 1. The van der Waals surface area contributed by atoms with Crippen molar-refractivity contribution >= 4 is 5.91 Å². The Hall–Kier alpha value is -0.610. The van der Waals surface area contributed by atoms with Gasteiger partial charge in [0.05, 0.1) is 12.1 Å². The third kappa shape index (κ3) is 3.14. The molecule has 1 amide bonds. The summed E-state index contributed by atoms with van der Waals surface area (Å²) in [7, 11) is 0. The van der Waals surface area contributed by atoms with E-state index >= 15 is 0 Å². The lowest BCUT2D eigenvalue weighted by molar-refractivity contribution is -0.130. The van der Waals surface area contributed by atoms with Crippen LogP contribution in [-0.2, 0) is 4.79 Å². The van der Waals surface area contributed by atoms with Gasteiger partial charge in [-0.25, -0.2) is 0 Å². The number of hydrogen-bond acceptors (Lipinski definition) is 3. The van der Waals surface area contributed by atoms with E-state index in [1.165, 1.54) is 44.9 Å². The van der Waals surface area contributed by atoms with Crippen molar-refractivity contribution in [2.24, 2.45) is 46.2 Å². The molecule has 10 atom stereocenters. The Morgan fingerprint density at radius 1 is 1.00 bits per heavy atom. The Kier molecular flexibility index (Phi) is 5.36. The molecule has 4 saturated carbocycles. The normalized spacial score (nSPS) is 50.1. The van der Waals surface area contributed by atoms with E-state index in [0.29, 0.717) is 22.8 Å². The van der Waals surface area contributed by atoms with Crippen LogP contribution in [0, 0.1) is 40.4 Å². The van der Waals surface area contributed by atoms with E-state index in [4.69, 9.17) is 5.73 Å². The van der Waals surface area contributed by atoms with Crippen LogP contribution in [0.3, 0.4) is 0 Å². The molecule has 4 nitrogen and oxygen atoms in total. The molecular weight excluding hydrogens is 348 g/mol. The summed E-state index contributed by atoms with van der Waals surface area (Å²) in [4.78, 5) is 12.1. The second-order valence-electron chi connectivity index (χ2n) is 11.4. The maximum absolute atomic E-state index is 12.1. The van der Waals surface area contributed by atoms with Crippen molar-refractivity contribution in [3.8, 4) is 0 Å². The van der Waals surface area contributed by atoms with E-state index in [9.17, 15) is 9.90 Å². The molecule has 4 aliphatic rings. The van der Waals surface area contributed by atoms with E-state index in [2.05, 4.69) is 19.2 Å². The van der Waals surface area contributed by atoms with Gasteiger partial charge in [-0.1, -0.05) is 13.8 Å². The van der Waals surface area contributed by atoms with E-state index in [1.807, 2.05) is 6.92 Å². The summed E-state index contributed by atoms with van der Waals surface area (Å²) < 4.78 is 0. The summed E-state index contributed by atoms with van der Waals surface area (Å²) >= 11 is 0. The first-order valence-corrected chi connectivity index (χ1v) is 11.9. The molecule has 0 aromatic rings. The predicted octanol–water partition coefficient (Wildman–Crippen LogP) is 3.86. The lowest BCUT2D eigenvalue weighted by Crippen LogP contribution is -2.56. The number of nitrogens with two attached hydrogens (primary N) is 1. The van der Waals surface area contributed by atoms with E-state index in [-0.39, 0.29) is 12.0 Å². The quantitative estimate of drug-likeness (QED) is 0.685. The lowest BCUT2D eigenvalue weighted by atomic mass is 9.44. The van der Waals surface area contributed by atoms with Crippen LogP contribution in [0.1, 0.15) is 85.5 Å². The maximum Gasteiger partial charge on any atom is 0.236 e. The molecule has 0 aromatic carbocycles. The predicted molar refractivity (Wildman–Crippen MR) is 112 cm³/mol. The average Bonchev–Trinajstić information content (AvgIpc) is 2.99. The molecule has 0 aromatic heterocycles. The smallest absolute Gasteiger partial charge is 0.236 e. The standard InChI is InChI=1S/C24H42N2O2/c1-14(25)22(28)26-17-9-11-23(3)16(13-17)5-6-18-20-8-7-19(15(2)27)24(20,4)12-10-21(18)23/h14-21,27H,5-13,25H2,1-4H3,(H,26,28)/t14-,15-,16?,17?,18-,19+,20-,21-,23-,24+/m0/s1. The third-order valence-corrected chi connectivity index (χ3v) is 10.1. The number of carbonyl (C=O) groups is 1. The molecule has 0 heterocycles. The molecule has 4 heteroatoms. The van der Waals surface area contributed by atoms with E-state index in [0.717, 1.165) is 36.5 Å². The Morgan fingerprint density at radius 3 is 2.36 bits per heavy atom. The molecule has 4 N–H and O–H groups in total. The van der Waals surface area contributed by atoms with Gasteiger partial charge in [0.25, 0.3) is 0 Å². The van der Waals surface area contributed by atoms with Crippen molar-refractivity contribution < 1.29 is 9.90 Å².